The lowest BCUT2D eigenvalue weighted by molar-refractivity contribution is -0.198. The zero-order valence-electron chi connectivity index (χ0n) is 19.9. The van der Waals surface area contributed by atoms with Crippen LogP contribution in [-0.4, -0.2) is 80.4 Å². The van der Waals surface area contributed by atoms with Gasteiger partial charge >= 0.3 is 11.9 Å². The van der Waals surface area contributed by atoms with Gasteiger partial charge in [0.05, 0.1) is 20.5 Å². The first-order valence-corrected chi connectivity index (χ1v) is 11.5. The number of rotatable bonds is 7. The molecule has 0 radical (unpaired) electrons. The molecular weight excluding hydrogens is 513 g/mol. The van der Waals surface area contributed by atoms with Crippen LogP contribution >= 0.6 is 11.6 Å². The molecule has 3 aromatic rings. The van der Waals surface area contributed by atoms with E-state index in [2.05, 4.69) is 15.0 Å². The summed E-state index contributed by atoms with van der Waals surface area (Å²) in [5.74, 6) is -2.14. The van der Waals surface area contributed by atoms with Crippen LogP contribution in [0.5, 0.6) is 0 Å². The van der Waals surface area contributed by atoms with E-state index in [-0.39, 0.29) is 28.7 Å². The van der Waals surface area contributed by atoms with Gasteiger partial charge in [-0.05, 0) is 24.1 Å². The van der Waals surface area contributed by atoms with Crippen molar-refractivity contribution < 1.29 is 38.0 Å². The zero-order valence-corrected chi connectivity index (χ0v) is 20.7. The number of aryl methyl sites for hydroxylation is 1. The zero-order chi connectivity index (χ0) is 26.7. The fourth-order valence-electron chi connectivity index (χ4n) is 4.64. The fraction of sp³-hybridized carbons (Fsp3) is 0.435. The van der Waals surface area contributed by atoms with Crippen molar-refractivity contribution in [2.45, 2.75) is 49.2 Å². The predicted octanol–water partition coefficient (Wildman–Crippen LogP) is 1.06. The second kappa shape index (κ2) is 8.87. The Morgan fingerprint density at radius 3 is 2.46 bits per heavy atom. The van der Waals surface area contributed by atoms with Crippen molar-refractivity contribution in [2.24, 2.45) is 0 Å². The third-order valence-corrected chi connectivity index (χ3v) is 6.85. The number of ether oxygens (including phenoxy) is 4. The number of halogens is 2. The summed E-state index contributed by atoms with van der Waals surface area (Å²) in [4.78, 5) is 37.7. The van der Waals surface area contributed by atoms with Crippen molar-refractivity contribution in [3.63, 3.8) is 0 Å². The summed E-state index contributed by atoms with van der Waals surface area (Å²) in [5, 5.41) is 11.0. The molecule has 3 N–H and O–H groups in total. The van der Waals surface area contributed by atoms with Gasteiger partial charge in [-0.2, -0.15) is 9.97 Å². The van der Waals surface area contributed by atoms with Gasteiger partial charge in [-0.25, -0.2) is 19.0 Å². The molecule has 196 valence electrons. The molecule has 1 aromatic carbocycles. The maximum absolute atomic E-state index is 15.7. The predicted molar refractivity (Wildman–Crippen MR) is 125 cm³/mol. The number of nitrogen functional groups attached to an aromatic ring is 1. The quantitative estimate of drug-likeness (QED) is 0.253. The number of carbonyl (C=O) groups excluding carboxylic acids is 2. The highest BCUT2D eigenvalue weighted by Crippen LogP contribution is 2.58. The number of fused-ring (bicyclic) bond motifs is 2. The Bertz CT molecular complexity index is 1370. The van der Waals surface area contributed by atoms with Crippen LogP contribution in [0.4, 0.5) is 10.2 Å². The molecule has 2 aromatic heterocycles. The molecule has 14 heteroatoms. The number of anilines is 1. The summed E-state index contributed by atoms with van der Waals surface area (Å²) in [6.45, 7) is 1.88. The molecule has 5 rings (SSSR count). The van der Waals surface area contributed by atoms with Gasteiger partial charge in [0.15, 0.2) is 29.5 Å². The van der Waals surface area contributed by atoms with Crippen molar-refractivity contribution in [3.05, 3.63) is 47.0 Å². The Hall–Kier alpha value is -3.39. The fourth-order valence-corrected chi connectivity index (χ4v) is 4.81. The van der Waals surface area contributed by atoms with Gasteiger partial charge in [0.25, 0.3) is 5.60 Å². The van der Waals surface area contributed by atoms with Crippen molar-refractivity contribution in [2.75, 3.05) is 20.0 Å². The van der Waals surface area contributed by atoms with Gasteiger partial charge in [0, 0.05) is 6.42 Å². The summed E-state index contributed by atoms with van der Waals surface area (Å²) in [5.41, 5.74) is 3.08. The van der Waals surface area contributed by atoms with Crippen LogP contribution in [0.15, 0.2) is 30.6 Å². The smallest absolute Gasteiger partial charge is 0.350 e. The van der Waals surface area contributed by atoms with Crippen molar-refractivity contribution in [1.29, 1.82) is 0 Å². The first-order chi connectivity index (χ1) is 17.6. The van der Waals surface area contributed by atoms with Crippen molar-refractivity contribution >= 4 is 40.5 Å². The lowest BCUT2D eigenvalue weighted by atomic mass is 9.93. The first kappa shape index (κ1) is 25.3. The monoisotopic (exact) mass is 535 g/mol. The molecule has 0 spiro atoms. The van der Waals surface area contributed by atoms with E-state index < -0.39 is 47.7 Å². The molecule has 1 unspecified atom stereocenters. The molecule has 3 heterocycles. The van der Waals surface area contributed by atoms with E-state index in [1.165, 1.54) is 10.9 Å². The van der Waals surface area contributed by atoms with E-state index in [1.807, 2.05) is 6.92 Å². The second-order valence-electron chi connectivity index (χ2n) is 8.95. The molecule has 0 bridgehead atoms. The van der Waals surface area contributed by atoms with Crippen LogP contribution < -0.4 is 5.73 Å². The van der Waals surface area contributed by atoms with Gasteiger partial charge in [-0.1, -0.05) is 29.8 Å². The Kier molecular flexibility index (Phi) is 6.06. The number of carbonyl (C=O) groups is 2. The average molecular weight is 536 g/mol. The molecule has 37 heavy (non-hydrogen) atoms. The minimum absolute atomic E-state index is 0.00992. The molecule has 1 aliphatic heterocycles. The molecule has 1 saturated carbocycles. The Morgan fingerprint density at radius 1 is 1.24 bits per heavy atom. The SMILES string of the molecule is COC(=O)C(Cc1ccc(C)cc1)(OC1[C@H]2O[C@@H](n3cnc4c(N)nc(Cl)nc43)[C@@H](F)[C@@]12O)C(=O)OC. The summed E-state index contributed by atoms with van der Waals surface area (Å²) in [6, 6.07) is 6.99. The number of alkyl halides is 1. The largest absolute Gasteiger partial charge is 0.466 e. The topological polar surface area (TPSA) is 161 Å². The van der Waals surface area contributed by atoms with Crippen molar-refractivity contribution in [3.8, 4) is 0 Å². The number of imidazole rings is 1. The summed E-state index contributed by atoms with van der Waals surface area (Å²) in [7, 11) is 2.16. The molecule has 1 aliphatic carbocycles. The molecule has 2 aliphatic rings. The molecule has 1 saturated heterocycles. The summed E-state index contributed by atoms with van der Waals surface area (Å²) in [6.07, 6.45) is -5.10. The minimum atomic E-state index is -2.32. The van der Waals surface area contributed by atoms with E-state index in [9.17, 15) is 14.7 Å². The van der Waals surface area contributed by atoms with E-state index in [1.54, 1.807) is 24.3 Å². The first-order valence-electron chi connectivity index (χ1n) is 11.1. The minimum Gasteiger partial charge on any atom is -0.466 e. The van der Waals surface area contributed by atoms with E-state index in [0.717, 1.165) is 19.8 Å². The normalized spacial score (nSPS) is 26.6. The number of methoxy groups -OCH3 is 2. The number of hydrogen-bond donors (Lipinski definition) is 2. The number of aromatic nitrogens is 4. The van der Waals surface area contributed by atoms with Crippen LogP contribution in [0.3, 0.4) is 0 Å². The van der Waals surface area contributed by atoms with Gasteiger partial charge in [0.2, 0.25) is 5.28 Å². The third-order valence-electron chi connectivity index (χ3n) is 6.68. The standard InChI is InChI=1S/C23H23ClFN5O7/c1-10-4-6-11(7-5-10)8-22(19(31)34-2,20(32)35-3)37-15-14-23(15,33)13(25)18(36-14)30-9-27-12-16(26)28-21(24)29-17(12)30/h4-7,9,13-15,18,33H,8H2,1-3H3,(H2,26,28,29)/t13-,14-,15?,18-,23+/m1/s1. The number of aliphatic hydroxyl groups is 1. The maximum atomic E-state index is 15.7. The lowest BCUT2D eigenvalue weighted by Crippen LogP contribution is -2.54. The summed E-state index contributed by atoms with van der Waals surface area (Å²) >= 11 is 5.88. The van der Waals surface area contributed by atoms with E-state index >= 15 is 4.39 Å². The molecule has 2 fully saturated rings. The van der Waals surface area contributed by atoms with Gasteiger partial charge in [-0.15, -0.1) is 0 Å². The molecule has 12 nitrogen and oxygen atoms in total. The Balaban J connectivity index is 1.44. The number of benzene rings is 1. The highest BCUT2D eigenvalue weighted by atomic mass is 35.5. The maximum Gasteiger partial charge on any atom is 0.350 e. The number of nitrogens with zero attached hydrogens (tertiary/aromatic N) is 4. The van der Waals surface area contributed by atoms with Gasteiger partial charge < -0.3 is 29.8 Å². The molecular formula is C23H23ClFN5O7. The van der Waals surface area contributed by atoms with Crippen LogP contribution in [0.1, 0.15) is 17.4 Å². The number of nitrogens with two attached hydrogens (primary N) is 1. The highest BCUT2D eigenvalue weighted by molar-refractivity contribution is 6.28. The summed E-state index contributed by atoms with van der Waals surface area (Å²) < 4.78 is 38.3. The molecule has 5 atom stereocenters. The second-order valence-corrected chi connectivity index (χ2v) is 9.29. The lowest BCUT2D eigenvalue weighted by Gasteiger charge is -2.31. The molecule has 0 amide bonds. The van der Waals surface area contributed by atoms with Crippen LogP contribution in [-0.2, 0) is 35.0 Å². The van der Waals surface area contributed by atoms with E-state index in [4.69, 9.17) is 36.3 Å². The number of esters is 2. The van der Waals surface area contributed by atoms with Crippen LogP contribution in [0.2, 0.25) is 5.28 Å². The van der Waals surface area contributed by atoms with Gasteiger partial charge in [0.1, 0.15) is 17.7 Å². The van der Waals surface area contributed by atoms with E-state index in [0.29, 0.717) is 5.56 Å². The van der Waals surface area contributed by atoms with Crippen LogP contribution in [0.25, 0.3) is 11.2 Å². The Morgan fingerprint density at radius 2 is 1.89 bits per heavy atom. The van der Waals surface area contributed by atoms with Gasteiger partial charge in [-0.3, -0.25) is 4.57 Å². The Labute approximate surface area is 214 Å². The third kappa shape index (κ3) is 3.81. The van der Waals surface area contributed by atoms with Crippen molar-refractivity contribution in [1.82, 2.24) is 19.5 Å². The highest BCUT2D eigenvalue weighted by Gasteiger charge is 2.80. The average Bonchev–Trinajstić information content (AvgIpc) is 3.13. The number of hydrogen-bond acceptors (Lipinski definition) is 11. The van der Waals surface area contributed by atoms with Crippen LogP contribution in [0, 0.1) is 6.92 Å².